The molecule has 0 aliphatic carbocycles. The molecule has 0 bridgehead atoms. The normalized spacial score (nSPS) is 13.6. The molecular weight excluding hydrogens is 255 g/mol. The lowest BCUT2D eigenvalue weighted by Gasteiger charge is -2.09. The lowest BCUT2D eigenvalue weighted by atomic mass is 10.2. The molecule has 17 heavy (non-hydrogen) atoms. The maximum absolute atomic E-state index is 11.8. The quantitative estimate of drug-likeness (QED) is 0.851. The van der Waals surface area contributed by atoms with E-state index in [1.165, 1.54) is 6.07 Å². The van der Waals surface area contributed by atoms with E-state index >= 15 is 0 Å². The van der Waals surface area contributed by atoms with Crippen molar-refractivity contribution in [2.75, 3.05) is 18.3 Å². The van der Waals surface area contributed by atoms with Crippen molar-refractivity contribution in [3.63, 3.8) is 0 Å². The molecule has 0 amide bonds. The second kappa shape index (κ2) is 5.50. The van der Waals surface area contributed by atoms with Gasteiger partial charge in [-0.05, 0) is 30.7 Å². The second-order valence-corrected chi connectivity index (χ2v) is 4.82. The zero-order valence-corrected chi connectivity index (χ0v) is 9.90. The Balaban J connectivity index is 2.59. The fourth-order valence-corrected chi connectivity index (χ4v) is 2.22. The Kier molecular flexibility index (Phi) is 4.53. The van der Waals surface area contributed by atoms with Crippen molar-refractivity contribution in [3.8, 4) is 0 Å². The topological polar surface area (TPSA) is 52.3 Å². The Morgan fingerprint density at radius 2 is 2.06 bits per heavy atom. The third-order valence-electron chi connectivity index (χ3n) is 1.90. The molecule has 0 radical (unpaired) electrons. The molecule has 7 heteroatoms. The van der Waals surface area contributed by atoms with Gasteiger partial charge in [0, 0.05) is 10.6 Å². The summed E-state index contributed by atoms with van der Waals surface area (Å²) in [5.41, 5.74) is 6.68. The van der Waals surface area contributed by atoms with Crippen LogP contribution in [-0.4, -0.2) is 22.9 Å². The monoisotopic (exact) mass is 267 g/mol. The number of anilines is 1. The van der Waals surface area contributed by atoms with Gasteiger partial charge in [-0.25, -0.2) is 0 Å². The summed E-state index contributed by atoms with van der Waals surface area (Å²) in [5, 5.41) is 0. The largest absolute Gasteiger partial charge is 0.411 e. The molecule has 96 valence electrons. The first-order chi connectivity index (χ1) is 7.79. The zero-order valence-electron chi connectivity index (χ0n) is 9.08. The molecule has 0 heterocycles. The van der Waals surface area contributed by atoms with E-state index < -0.39 is 29.5 Å². The molecule has 2 N–H and O–H groups in total. The molecule has 0 aromatic heterocycles. The van der Waals surface area contributed by atoms with Gasteiger partial charge in [0.2, 0.25) is 0 Å². The summed E-state index contributed by atoms with van der Waals surface area (Å²) in [5.74, 6) is -0.482. The van der Waals surface area contributed by atoms with E-state index in [9.17, 15) is 17.4 Å². The van der Waals surface area contributed by atoms with Crippen LogP contribution in [-0.2, 0) is 15.5 Å². The number of benzene rings is 1. The Labute approximate surface area is 99.2 Å². The van der Waals surface area contributed by atoms with E-state index in [1.54, 1.807) is 19.1 Å². The SMILES string of the molecule is Cc1cc(N)ccc1S(=O)COCC(F)(F)F. The number of rotatable bonds is 4. The fraction of sp³-hybridized carbons (Fsp3) is 0.400. The Morgan fingerprint density at radius 3 is 2.59 bits per heavy atom. The van der Waals surface area contributed by atoms with Gasteiger partial charge >= 0.3 is 6.18 Å². The highest BCUT2D eigenvalue weighted by atomic mass is 32.2. The molecule has 0 saturated carbocycles. The number of hydrogen-bond acceptors (Lipinski definition) is 3. The Hall–Kier alpha value is -1.08. The summed E-state index contributed by atoms with van der Waals surface area (Å²) in [6.45, 7) is 0.292. The number of alkyl halides is 3. The molecule has 0 fully saturated rings. The maximum atomic E-state index is 11.8. The Morgan fingerprint density at radius 1 is 1.41 bits per heavy atom. The van der Waals surface area contributed by atoms with E-state index in [2.05, 4.69) is 4.74 Å². The van der Waals surface area contributed by atoms with Crippen molar-refractivity contribution in [1.82, 2.24) is 0 Å². The van der Waals surface area contributed by atoms with Crippen LogP contribution >= 0.6 is 0 Å². The summed E-state index contributed by atoms with van der Waals surface area (Å²) >= 11 is 0. The van der Waals surface area contributed by atoms with Gasteiger partial charge in [0.15, 0.2) is 0 Å². The number of halogens is 3. The first-order valence-electron chi connectivity index (χ1n) is 4.68. The van der Waals surface area contributed by atoms with E-state index in [1.807, 2.05) is 0 Å². The first-order valence-corrected chi connectivity index (χ1v) is 6.00. The third kappa shape index (κ3) is 4.74. The molecule has 1 aromatic rings. The molecule has 3 nitrogen and oxygen atoms in total. The van der Waals surface area contributed by atoms with Crippen LogP contribution < -0.4 is 5.73 Å². The number of ether oxygens (including phenoxy) is 1. The van der Waals surface area contributed by atoms with Gasteiger partial charge in [0.25, 0.3) is 0 Å². The smallest absolute Gasteiger partial charge is 0.399 e. The standard InChI is InChI=1S/C10H12F3NO2S/c1-7-4-8(14)2-3-9(7)17(15)6-16-5-10(11,12)13/h2-4H,5-6,14H2,1H3. The summed E-state index contributed by atoms with van der Waals surface area (Å²) in [6, 6.07) is 4.68. The average Bonchev–Trinajstić information content (AvgIpc) is 2.15. The van der Waals surface area contributed by atoms with Crippen LogP contribution in [0.3, 0.4) is 0 Å². The summed E-state index contributed by atoms with van der Waals surface area (Å²) in [6.07, 6.45) is -4.40. The van der Waals surface area contributed by atoms with Crippen LogP contribution in [0.4, 0.5) is 18.9 Å². The minimum atomic E-state index is -4.40. The molecule has 1 unspecified atom stereocenters. The average molecular weight is 267 g/mol. The maximum Gasteiger partial charge on any atom is 0.411 e. The van der Waals surface area contributed by atoms with Crippen molar-refractivity contribution < 1.29 is 22.1 Å². The van der Waals surface area contributed by atoms with Gasteiger partial charge in [-0.3, -0.25) is 4.21 Å². The molecule has 0 saturated heterocycles. The minimum Gasteiger partial charge on any atom is -0.399 e. The van der Waals surface area contributed by atoms with Gasteiger partial charge in [-0.15, -0.1) is 0 Å². The van der Waals surface area contributed by atoms with Crippen LogP contribution in [0.15, 0.2) is 23.1 Å². The van der Waals surface area contributed by atoms with E-state index in [0.29, 0.717) is 16.1 Å². The van der Waals surface area contributed by atoms with Crippen LogP contribution in [0, 0.1) is 6.92 Å². The van der Waals surface area contributed by atoms with Crippen LogP contribution in [0.25, 0.3) is 0 Å². The number of hydrogen-bond donors (Lipinski definition) is 1. The van der Waals surface area contributed by atoms with Crippen molar-refractivity contribution >= 4 is 16.5 Å². The number of nitrogens with two attached hydrogens (primary N) is 1. The highest BCUT2D eigenvalue weighted by Gasteiger charge is 2.27. The van der Waals surface area contributed by atoms with Crippen molar-refractivity contribution in [3.05, 3.63) is 23.8 Å². The fourth-order valence-electron chi connectivity index (χ4n) is 1.22. The molecule has 0 spiro atoms. The van der Waals surface area contributed by atoms with Gasteiger partial charge in [0.05, 0.1) is 10.8 Å². The molecule has 1 aromatic carbocycles. The van der Waals surface area contributed by atoms with Crippen LogP contribution in [0.1, 0.15) is 5.56 Å². The lowest BCUT2D eigenvalue weighted by molar-refractivity contribution is -0.169. The highest BCUT2D eigenvalue weighted by molar-refractivity contribution is 7.84. The molecule has 0 aliphatic heterocycles. The molecule has 1 atom stereocenters. The first kappa shape index (κ1) is 14.0. The summed E-state index contributed by atoms with van der Waals surface area (Å²) in [7, 11) is -1.62. The minimum absolute atomic E-state index is 0.432. The number of aryl methyl sites for hydroxylation is 1. The van der Waals surface area contributed by atoms with E-state index in [-0.39, 0.29) is 0 Å². The predicted octanol–water partition coefficient (Wildman–Crippen LogP) is 2.22. The third-order valence-corrected chi connectivity index (χ3v) is 3.23. The van der Waals surface area contributed by atoms with Crippen LogP contribution in [0.2, 0.25) is 0 Å². The van der Waals surface area contributed by atoms with Gasteiger partial charge < -0.3 is 10.5 Å². The van der Waals surface area contributed by atoms with Crippen molar-refractivity contribution in [1.29, 1.82) is 0 Å². The predicted molar refractivity (Wildman–Crippen MR) is 58.9 cm³/mol. The molecule has 1 rings (SSSR count). The second-order valence-electron chi connectivity index (χ2n) is 3.45. The van der Waals surface area contributed by atoms with E-state index in [4.69, 9.17) is 5.73 Å². The van der Waals surface area contributed by atoms with Gasteiger partial charge in [-0.1, -0.05) is 0 Å². The van der Waals surface area contributed by atoms with Crippen molar-refractivity contribution in [2.24, 2.45) is 0 Å². The highest BCUT2D eigenvalue weighted by Crippen LogP contribution is 2.18. The zero-order chi connectivity index (χ0) is 13.1. The Bertz CT molecular complexity index is 421. The lowest BCUT2D eigenvalue weighted by Crippen LogP contribution is -2.18. The summed E-state index contributed by atoms with van der Waals surface area (Å²) in [4.78, 5) is 0.432. The van der Waals surface area contributed by atoms with Gasteiger partial charge in [-0.2, -0.15) is 13.2 Å². The van der Waals surface area contributed by atoms with Crippen molar-refractivity contribution in [2.45, 2.75) is 18.0 Å². The number of nitrogen functional groups attached to an aromatic ring is 1. The van der Waals surface area contributed by atoms with Gasteiger partial charge in [0.1, 0.15) is 12.5 Å². The van der Waals surface area contributed by atoms with Crippen LogP contribution in [0.5, 0.6) is 0 Å². The molecule has 0 aliphatic rings. The molecular formula is C10H12F3NO2S. The summed E-state index contributed by atoms with van der Waals surface area (Å²) < 4.78 is 51.4. The van der Waals surface area contributed by atoms with E-state index in [0.717, 1.165) is 0 Å².